The van der Waals surface area contributed by atoms with Gasteiger partial charge in [0.25, 0.3) is 5.91 Å². The Morgan fingerprint density at radius 1 is 1.25 bits per heavy atom. The third-order valence-corrected chi connectivity index (χ3v) is 5.13. The number of nitrogens with zero attached hydrogens (tertiary/aromatic N) is 5. The number of carbonyl (C=O) groups excluding carboxylic acids is 1. The van der Waals surface area contributed by atoms with Crippen molar-refractivity contribution in [2.24, 2.45) is 7.05 Å². The van der Waals surface area contributed by atoms with Crippen LogP contribution in [0, 0.1) is 0 Å². The summed E-state index contributed by atoms with van der Waals surface area (Å²) < 4.78 is 47.8. The van der Waals surface area contributed by atoms with Crippen molar-refractivity contribution in [3.8, 4) is 17.1 Å². The van der Waals surface area contributed by atoms with Gasteiger partial charge in [-0.25, -0.2) is 0 Å². The van der Waals surface area contributed by atoms with Gasteiger partial charge in [0, 0.05) is 31.4 Å². The SMILES string of the molecule is CC(C)Oc1cc(C(=O)NC2CCCn3nc(-c4ccnc(C(F)(F)F)c4)cc32)n(C)n1. The van der Waals surface area contributed by atoms with E-state index in [0.29, 0.717) is 35.8 Å². The summed E-state index contributed by atoms with van der Waals surface area (Å²) in [6, 6.07) is 5.44. The van der Waals surface area contributed by atoms with Gasteiger partial charge in [0.1, 0.15) is 11.4 Å². The molecule has 0 saturated heterocycles. The number of carbonyl (C=O) groups is 1. The van der Waals surface area contributed by atoms with Crippen LogP contribution >= 0.6 is 0 Å². The van der Waals surface area contributed by atoms with Gasteiger partial charge in [0.15, 0.2) is 0 Å². The molecule has 0 saturated carbocycles. The van der Waals surface area contributed by atoms with Crippen molar-refractivity contribution in [3.63, 3.8) is 0 Å². The van der Waals surface area contributed by atoms with Crippen LogP contribution in [0.1, 0.15) is 54.6 Å². The maximum Gasteiger partial charge on any atom is 0.433 e. The molecule has 3 aromatic heterocycles. The smallest absolute Gasteiger partial charge is 0.433 e. The summed E-state index contributed by atoms with van der Waals surface area (Å²) in [7, 11) is 1.66. The Morgan fingerprint density at radius 2 is 2.03 bits per heavy atom. The van der Waals surface area contributed by atoms with Crippen LogP contribution in [0.2, 0.25) is 0 Å². The van der Waals surface area contributed by atoms with Crippen molar-refractivity contribution < 1.29 is 22.7 Å². The molecular formula is C21H23F3N6O2. The number of halogens is 3. The maximum absolute atomic E-state index is 13.0. The van der Waals surface area contributed by atoms with E-state index >= 15 is 0 Å². The van der Waals surface area contributed by atoms with Crippen LogP contribution in [0.3, 0.4) is 0 Å². The number of aromatic nitrogens is 5. The Kier molecular flexibility index (Phi) is 5.66. The fourth-order valence-corrected chi connectivity index (χ4v) is 3.70. The fraction of sp³-hybridized carbons (Fsp3) is 0.429. The molecule has 1 N–H and O–H groups in total. The molecule has 1 atom stereocenters. The number of ether oxygens (including phenoxy) is 1. The zero-order valence-corrected chi connectivity index (χ0v) is 17.8. The van der Waals surface area contributed by atoms with Gasteiger partial charge in [-0.3, -0.25) is 19.1 Å². The molecule has 0 spiro atoms. The van der Waals surface area contributed by atoms with Gasteiger partial charge < -0.3 is 10.1 Å². The molecule has 0 aliphatic carbocycles. The van der Waals surface area contributed by atoms with Gasteiger partial charge >= 0.3 is 6.18 Å². The van der Waals surface area contributed by atoms with Crippen LogP contribution in [-0.4, -0.2) is 36.6 Å². The van der Waals surface area contributed by atoms with E-state index in [-0.39, 0.29) is 18.1 Å². The van der Waals surface area contributed by atoms with Crippen molar-refractivity contribution in [1.29, 1.82) is 0 Å². The van der Waals surface area contributed by atoms with Gasteiger partial charge in [0.2, 0.25) is 5.88 Å². The number of hydrogen-bond acceptors (Lipinski definition) is 5. The standard InChI is InChI=1S/C21H23F3N6O2/c1-12(2)32-19-11-17(29(3)28-19)20(31)26-14-5-4-8-30-16(14)10-15(27-30)13-6-7-25-18(9-13)21(22,23)24/h6-7,9-12,14H,4-5,8H2,1-3H3,(H,26,31). The lowest BCUT2D eigenvalue weighted by atomic mass is 10.0. The summed E-state index contributed by atoms with van der Waals surface area (Å²) in [6.07, 6.45) is -2.02. The van der Waals surface area contributed by atoms with Crippen molar-refractivity contribution >= 4 is 5.91 Å². The summed E-state index contributed by atoms with van der Waals surface area (Å²) in [6.45, 7) is 4.36. The molecular weight excluding hydrogens is 425 g/mol. The quantitative estimate of drug-likeness (QED) is 0.643. The molecule has 1 aliphatic heterocycles. The van der Waals surface area contributed by atoms with Gasteiger partial charge in [-0.1, -0.05) is 0 Å². The molecule has 1 unspecified atom stereocenters. The van der Waals surface area contributed by atoms with Crippen molar-refractivity contribution in [3.05, 3.63) is 47.5 Å². The normalized spacial score (nSPS) is 16.2. The number of aryl methyl sites for hydroxylation is 2. The van der Waals surface area contributed by atoms with Crippen LogP contribution in [-0.2, 0) is 19.8 Å². The molecule has 4 heterocycles. The van der Waals surface area contributed by atoms with Crippen molar-refractivity contribution in [1.82, 2.24) is 29.9 Å². The number of rotatable bonds is 5. The second-order valence-corrected chi connectivity index (χ2v) is 7.93. The van der Waals surface area contributed by atoms with Crippen molar-refractivity contribution in [2.45, 2.75) is 51.6 Å². The van der Waals surface area contributed by atoms with E-state index < -0.39 is 11.9 Å². The summed E-state index contributed by atoms with van der Waals surface area (Å²) in [5.41, 5.74) is 0.845. The van der Waals surface area contributed by atoms with Crippen LogP contribution in [0.15, 0.2) is 30.5 Å². The van der Waals surface area contributed by atoms with Gasteiger partial charge in [-0.15, -0.1) is 5.10 Å². The first-order valence-corrected chi connectivity index (χ1v) is 10.2. The summed E-state index contributed by atoms with van der Waals surface area (Å²) in [5, 5.41) is 11.7. The summed E-state index contributed by atoms with van der Waals surface area (Å²) >= 11 is 0. The van der Waals surface area contributed by atoms with E-state index in [0.717, 1.165) is 24.4 Å². The average Bonchev–Trinajstić information content (AvgIpc) is 3.31. The number of fused-ring (bicyclic) bond motifs is 1. The minimum Gasteiger partial charge on any atom is -0.474 e. The maximum atomic E-state index is 13.0. The van der Waals surface area contributed by atoms with Crippen LogP contribution in [0.4, 0.5) is 13.2 Å². The monoisotopic (exact) mass is 448 g/mol. The second-order valence-electron chi connectivity index (χ2n) is 7.93. The Morgan fingerprint density at radius 3 is 2.75 bits per heavy atom. The number of amides is 1. The van der Waals surface area contributed by atoms with Gasteiger partial charge in [0.05, 0.1) is 23.5 Å². The molecule has 0 radical (unpaired) electrons. The number of pyridine rings is 1. The minimum absolute atomic E-state index is 0.0713. The zero-order valence-electron chi connectivity index (χ0n) is 17.8. The van der Waals surface area contributed by atoms with E-state index in [2.05, 4.69) is 20.5 Å². The molecule has 0 fully saturated rings. The molecule has 0 bridgehead atoms. The molecule has 0 aromatic carbocycles. The number of alkyl halides is 3. The number of hydrogen-bond donors (Lipinski definition) is 1. The molecule has 11 heteroatoms. The van der Waals surface area contributed by atoms with Gasteiger partial charge in [-0.2, -0.15) is 18.3 Å². The first-order valence-electron chi connectivity index (χ1n) is 10.2. The third-order valence-electron chi connectivity index (χ3n) is 5.13. The predicted octanol–water partition coefficient (Wildman–Crippen LogP) is 3.75. The fourth-order valence-electron chi connectivity index (χ4n) is 3.70. The van der Waals surface area contributed by atoms with E-state index in [1.807, 2.05) is 13.8 Å². The first kappa shape index (κ1) is 21.8. The lowest BCUT2D eigenvalue weighted by molar-refractivity contribution is -0.141. The minimum atomic E-state index is -4.53. The predicted molar refractivity (Wildman–Crippen MR) is 109 cm³/mol. The molecule has 32 heavy (non-hydrogen) atoms. The molecule has 1 amide bonds. The summed E-state index contributed by atoms with van der Waals surface area (Å²) in [5.74, 6) is 0.0462. The Bertz CT molecular complexity index is 1140. The third kappa shape index (κ3) is 4.46. The molecule has 3 aromatic rings. The van der Waals surface area contributed by atoms with Crippen LogP contribution in [0.25, 0.3) is 11.3 Å². The highest BCUT2D eigenvalue weighted by atomic mass is 19.4. The average molecular weight is 448 g/mol. The Balaban J connectivity index is 1.57. The molecule has 1 aliphatic rings. The highest BCUT2D eigenvalue weighted by Crippen LogP contribution is 2.33. The lowest BCUT2D eigenvalue weighted by Crippen LogP contribution is -2.33. The highest BCUT2D eigenvalue weighted by Gasteiger charge is 2.33. The van der Waals surface area contributed by atoms with E-state index in [1.54, 1.807) is 23.9 Å². The second kappa shape index (κ2) is 8.29. The van der Waals surface area contributed by atoms with Gasteiger partial charge in [-0.05, 0) is 44.9 Å². The Labute approximate surface area is 182 Å². The number of nitrogens with one attached hydrogen (secondary N) is 1. The summed E-state index contributed by atoms with van der Waals surface area (Å²) in [4.78, 5) is 16.3. The highest BCUT2D eigenvalue weighted by molar-refractivity contribution is 5.93. The molecule has 170 valence electrons. The largest absolute Gasteiger partial charge is 0.474 e. The van der Waals surface area contributed by atoms with Crippen LogP contribution < -0.4 is 10.1 Å². The molecule has 8 nitrogen and oxygen atoms in total. The topological polar surface area (TPSA) is 86.9 Å². The first-order chi connectivity index (χ1) is 15.1. The van der Waals surface area contributed by atoms with E-state index in [4.69, 9.17) is 4.74 Å². The lowest BCUT2D eigenvalue weighted by Gasteiger charge is -2.24. The Hall–Kier alpha value is -3.37. The van der Waals surface area contributed by atoms with Crippen molar-refractivity contribution in [2.75, 3.05) is 0 Å². The van der Waals surface area contributed by atoms with E-state index in [1.165, 1.54) is 10.7 Å². The van der Waals surface area contributed by atoms with E-state index in [9.17, 15) is 18.0 Å². The zero-order chi connectivity index (χ0) is 23.0. The molecule has 4 rings (SSSR count). The van der Waals surface area contributed by atoms with Crippen LogP contribution in [0.5, 0.6) is 5.88 Å².